The Morgan fingerprint density at radius 3 is 1.52 bits per heavy atom. The molecule has 6 fully saturated rings. The van der Waals surface area contributed by atoms with Gasteiger partial charge in [-0.05, 0) is 39.8 Å². The molecule has 0 spiro atoms. The first-order chi connectivity index (χ1) is 29.6. The Labute approximate surface area is 355 Å². The van der Waals surface area contributed by atoms with Crippen LogP contribution in [0.15, 0.2) is 36.4 Å². The van der Waals surface area contributed by atoms with Crippen LogP contribution in [0.3, 0.4) is 0 Å². The molecule has 0 radical (unpaired) electrons. The van der Waals surface area contributed by atoms with E-state index in [9.17, 15) is 60.9 Å². The van der Waals surface area contributed by atoms with E-state index >= 15 is 0 Å². The summed E-state index contributed by atoms with van der Waals surface area (Å²) in [5.41, 5.74) is -2.77. The normalized spacial score (nSPS) is 35.8. The third-order valence-electron chi connectivity index (χ3n) is 11.7. The summed E-state index contributed by atoms with van der Waals surface area (Å²) in [4.78, 5) is 45.2. The summed E-state index contributed by atoms with van der Waals surface area (Å²) >= 11 is 0. The van der Waals surface area contributed by atoms with Crippen LogP contribution < -0.4 is 10.6 Å². The van der Waals surface area contributed by atoms with Crippen molar-refractivity contribution in [2.24, 2.45) is 0 Å². The van der Waals surface area contributed by atoms with Crippen molar-refractivity contribution in [3.8, 4) is 0 Å². The molecule has 8 rings (SSSR count). The molecule has 6 saturated heterocycles. The number of ether oxygens (including phenoxy) is 8. The quantitative estimate of drug-likeness (QED) is 0.103. The molecule has 0 saturated carbocycles. The fourth-order valence-electron chi connectivity index (χ4n) is 9.05. The molecule has 2 aromatic carbocycles. The maximum absolute atomic E-state index is 12.1. The van der Waals surface area contributed by atoms with E-state index in [-0.39, 0.29) is 18.0 Å². The van der Waals surface area contributed by atoms with E-state index in [4.69, 9.17) is 37.9 Å². The van der Waals surface area contributed by atoms with Crippen molar-refractivity contribution in [3.63, 3.8) is 0 Å². The number of fused-ring (bicyclic) bond motifs is 4. The van der Waals surface area contributed by atoms with Gasteiger partial charge in [-0.15, -0.1) is 0 Å². The summed E-state index contributed by atoms with van der Waals surface area (Å²) < 4.78 is 47.5. The van der Waals surface area contributed by atoms with Gasteiger partial charge in [0.1, 0.15) is 54.1 Å². The number of nitrogens with zero attached hydrogens (tertiary/aromatic N) is 5. The van der Waals surface area contributed by atoms with E-state index < -0.39 is 159 Å². The van der Waals surface area contributed by atoms with Gasteiger partial charge in [0.2, 0.25) is 0 Å². The SMILES string of the molecule is CC1(C)O[C@H]2O[C@H]([C@H](O)CN(C[C@@H](O)[C@H]3O[C@@H]4OC(C)(C)O[C@@H]4[C@H]3Nc3ccc([N+](=O)[O-])cc3[N+](=O)[O-])[C@@H]3[C@H](O)[C@@H]4OC[C@@H](O4)[C@H]3O)[C@H](Nc3ccc([N+](=O)[O-])cc3[N+](=O)[O-])[C@H]2O1. The predicted octanol–water partition coefficient (Wildman–Crippen LogP) is 0.203. The van der Waals surface area contributed by atoms with E-state index in [1.54, 1.807) is 27.7 Å². The third-order valence-corrected chi connectivity index (χ3v) is 11.7. The molecular formula is C36H45N7O20. The Morgan fingerprint density at radius 2 is 1.11 bits per heavy atom. The molecule has 6 aliphatic heterocycles. The molecule has 344 valence electrons. The molecule has 2 bridgehead atoms. The highest BCUT2D eigenvalue weighted by Crippen LogP contribution is 2.44. The molecule has 2 aromatic rings. The number of nitro benzene ring substituents is 4. The van der Waals surface area contributed by atoms with Crippen LogP contribution in [0.1, 0.15) is 27.7 Å². The second kappa shape index (κ2) is 16.6. The van der Waals surface area contributed by atoms with Crippen LogP contribution >= 0.6 is 0 Å². The van der Waals surface area contributed by atoms with Crippen molar-refractivity contribution in [2.45, 2.75) is 131 Å². The molecule has 63 heavy (non-hydrogen) atoms. The van der Waals surface area contributed by atoms with Crippen LogP contribution in [-0.2, 0) is 37.9 Å². The topological polar surface area (TPSA) is 355 Å². The van der Waals surface area contributed by atoms with Crippen LogP contribution in [0.5, 0.6) is 0 Å². The number of nitro groups is 4. The van der Waals surface area contributed by atoms with E-state index in [1.807, 2.05) is 0 Å². The van der Waals surface area contributed by atoms with Crippen molar-refractivity contribution in [2.75, 3.05) is 30.3 Å². The highest BCUT2D eigenvalue weighted by molar-refractivity contribution is 5.67. The van der Waals surface area contributed by atoms with Crippen LogP contribution in [0.25, 0.3) is 0 Å². The van der Waals surface area contributed by atoms with E-state index in [2.05, 4.69) is 10.6 Å². The average Bonchev–Trinajstić information content (AvgIpc) is 4.00. The number of nitrogens with one attached hydrogen (secondary N) is 2. The maximum atomic E-state index is 12.1. The Bertz CT molecular complexity index is 1990. The van der Waals surface area contributed by atoms with Gasteiger partial charge >= 0.3 is 0 Å². The number of rotatable bonds is 15. The second-order valence-corrected chi connectivity index (χ2v) is 16.8. The van der Waals surface area contributed by atoms with Crippen molar-refractivity contribution < 1.29 is 78.0 Å². The lowest BCUT2D eigenvalue weighted by Crippen LogP contribution is -2.65. The molecule has 0 amide bonds. The summed E-state index contributed by atoms with van der Waals surface area (Å²) in [6, 6.07) is 2.32. The minimum absolute atomic E-state index is 0.0997. The molecular weight excluding hydrogens is 850 g/mol. The Hall–Kier alpha value is -4.88. The fourth-order valence-corrected chi connectivity index (χ4v) is 9.05. The van der Waals surface area contributed by atoms with E-state index in [0.717, 1.165) is 36.4 Å². The van der Waals surface area contributed by atoms with Gasteiger partial charge in [-0.2, -0.15) is 0 Å². The van der Waals surface area contributed by atoms with Gasteiger partial charge < -0.3 is 69.0 Å². The second-order valence-electron chi connectivity index (χ2n) is 16.8. The first kappa shape index (κ1) is 44.7. The van der Waals surface area contributed by atoms with E-state index in [0.29, 0.717) is 0 Å². The van der Waals surface area contributed by atoms with Gasteiger partial charge in [0.05, 0.1) is 68.8 Å². The van der Waals surface area contributed by atoms with Gasteiger partial charge in [-0.3, -0.25) is 45.4 Å². The van der Waals surface area contributed by atoms with Gasteiger partial charge in [0, 0.05) is 25.2 Å². The Morgan fingerprint density at radius 1 is 0.667 bits per heavy atom. The molecule has 6 heterocycles. The molecule has 27 heteroatoms. The first-order valence-corrected chi connectivity index (χ1v) is 19.8. The summed E-state index contributed by atoms with van der Waals surface area (Å²) in [5, 5.41) is 100. The minimum Gasteiger partial charge on any atom is -0.389 e. The Balaban J connectivity index is 1.10. The van der Waals surface area contributed by atoms with Gasteiger partial charge in [0.25, 0.3) is 22.7 Å². The van der Waals surface area contributed by atoms with Gasteiger partial charge in [-0.25, -0.2) is 0 Å². The number of aliphatic hydroxyl groups excluding tert-OH is 4. The standard InChI is InChI=1S/C36H45N7O20/c1-35(2)60-30-23(37-16-7-5-14(40(48)49)9-18(16)42(52)53)28(58-33(30)62-35)20(44)11-39(25-26(46)22-13-56-32(57-22)27(25)47)12-21(45)29-24(31-34(59-29)63-36(3,4)61-31)38-17-8-6-15(41(50)51)10-19(17)43(54)55/h5-10,20-34,37-38,44-47H,11-13H2,1-4H3/t20-,21-,22-,23+,24+,25+,26-,27+,28-,29-,30-,31-,32-,33-,34-/m1/s1. The van der Waals surface area contributed by atoms with Crippen LogP contribution in [-0.4, -0.2) is 168 Å². The summed E-state index contributed by atoms with van der Waals surface area (Å²) in [6.45, 7) is 5.27. The molecule has 15 atom stereocenters. The smallest absolute Gasteiger partial charge is 0.299 e. The molecule has 27 nitrogen and oxygen atoms in total. The third kappa shape index (κ3) is 8.59. The number of hydrogen-bond acceptors (Lipinski definition) is 23. The largest absolute Gasteiger partial charge is 0.389 e. The molecule has 0 aromatic heterocycles. The van der Waals surface area contributed by atoms with Crippen LogP contribution in [0, 0.1) is 40.5 Å². The van der Waals surface area contributed by atoms with Crippen LogP contribution in [0.2, 0.25) is 0 Å². The molecule has 0 unspecified atom stereocenters. The minimum atomic E-state index is -1.64. The molecule has 6 aliphatic rings. The predicted molar refractivity (Wildman–Crippen MR) is 206 cm³/mol. The maximum Gasteiger partial charge on any atom is 0.299 e. The molecule has 6 N–H and O–H groups in total. The lowest BCUT2D eigenvalue weighted by Gasteiger charge is -2.45. The zero-order chi connectivity index (χ0) is 45.4. The highest BCUT2D eigenvalue weighted by atomic mass is 16.8. The zero-order valence-electron chi connectivity index (χ0n) is 33.8. The van der Waals surface area contributed by atoms with Crippen molar-refractivity contribution in [1.82, 2.24) is 4.90 Å². The van der Waals surface area contributed by atoms with Crippen molar-refractivity contribution in [3.05, 3.63) is 76.9 Å². The van der Waals surface area contributed by atoms with Crippen molar-refractivity contribution in [1.29, 1.82) is 0 Å². The fraction of sp³-hybridized carbons (Fsp3) is 0.667. The van der Waals surface area contributed by atoms with Crippen molar-refractivity contribution >= 4 is 34.1 Å². The van der Waals surface area contributed by atoms with Gasteiger partial charge in [0.15, 0.2) is 30.4 Å². The molecule has 0 aliphatic carbocycles. The lowest BCUT2D eigenvalue weighted by molar-refractivity contribution is -0.393. The lowest BCUT2D eigenvalue weighted by atomic mass is 9.93. The van der Waals surface area contributed by atoms with E-state index in [1.165, 1.54) is 4.90 Å². The highest BCUT2D eigenvalue weighted by Gasteiger charge is 2.60. The monoisotopic (exact) mass is 895 g/mol. The summed E-state index contributed by atoms with van der Waals surface area (Å²) in [7, 11) is 0. The summed E-state index contributed by atoms with van der Waals surface area (Å²) in [6.07, 6.45) is -15.4. The van der Waals surface area contributed by atoms with Crippen LogP contribution in [0.4, 0.5) is 34.1 Å². The first-order valence-electron chi connectivity index (χ1n) is 19.8. The number of hydrogen-bond donors (Lipinski definition) is 6. The average molecular weight is 896 g/mol. The number of anilines is 2. The number of non-ortho nitro benzene ring substituents is 2. The Kier molecular flexibility index (Phi) is 11.8. The summed E-state index contributed by atoms with van der Waals surface area (Å²) in [5.74, 6) is -2.42. The number of aliphatic hydroxyl groups is 4. The van der Waals surface area contributed by atoms with Gasteiger partial charge in [-0.1, -0.05) is 0 Å². The number of benzene rings is 2. The zero-order valence-corrected chi connectivity index (χ0v) is 33.8.